The Hall–Kier alpha value is -1.14. The zero-order valence-electron chi connectivity index (χ0n) is 14.7. The Labute approximate surface area is 140 Å². The van der Waals surface area contributed by atoms with Gasteiger partial charge in [0.1, 0.15) is 6.61 Å². The third-order valence-corrected chi connectivity index (χ3v) is 3.57. The van der Waals surface area contributed by atoms with Gasteiger partial charge in [0, 0.05) is 20.0 Å². The number of carboxylic acid groups (broad SMARTS) is 1. The van der Waals surface area contributed by atoms with Crippen molar-refractivity contribution in [3.63, 3.8) is 0 Å². The summed E-state index contributed by atoms with van der Waals surface area (Å²) in [5.41, 5.74) is 0. The van der Waals surface area contributed by atoms with Gasteiger partial charge in [-0.2, -0.15) is 0 Å². The van der Waals surface area contributed by atoms with Crippen LogP contribution in [-0.2, 0) is 19.1 Å². The van der Waals surface area contributed by atoms with Gasteiger partial charge < -0.3 is 20.7 Å². The minimum absolute atomic E-state index is 0. The van der Waals surface area contributed by atoms with E-state index in [0.717, 1.165) is 32.1 Å². The fraction of sp³-hybridized carbons (Fsp3) is 0.882. The molecule has 0 bridgehead atoms. The van der Waals surface area contributed by atoms with Crippen LogP contribution in [0.4, 0.5) is 0 Å². The van der Waals surface area contributed by atoms with Gasteiger partial charge in [-0.1, -0.05) is 51.4 Å². The fourth-order valence-corrected chi connectivity index (χ4v) is 2.27. The lowest BCUT2D eigenvalue weighted by molar-refractivity contribution is -0.145. The first-order valence-corrected chi connectivity index (χ1v) is 8.53. The molecule has 0 rings (SSSR count). The molecule has 0 radical (unpaired) electrons. The van der Waals surface area contributed by atoms with Gasteiger partial charge in [0.15, 0.2) is 0 Å². The molecule has 6 heteroatoms. The number of aliphatic carboxylic acids is 1. The highest BCUT2D eigenvalue weighted by Gasteiger charge is 2.02. The number of carbonyl (C=O) groups excluding carboxylic acids is 1. The van der Waals surface area contributed by atoms with E-state index in [9.17, 15) is 9.59 Å². The maximum Gasteiger partial charge on any atom is 0.305 e. The van der Waals surface area contributed by atoms with Crippen LogP contribution in [0.2, 0.25) is 0 Å². The van der Waals surface area contributed by atoms with E-state index in [4.69, 9.17) is 14.6 Å². The number of esters is 1. The molecule has 0 spiro atoms. The van der Waals surface area contributed by atoms with Crippen LogP contribution in [0.1, 0.15) is 77.0 Å². The van der Waals surface area contributed by atoms with E-state index in [1.807, 2.05) is 0 Å². The summed E-state index contributed by atoms with van der Waals surface area (Å²) in [6, 6.07) is 0. The first kappa shape index (κ1) is 24.1. The van der Waals surface area contributed by atoms with Crippen molar-refractivity contribution in [2.45, 2.75) is 77.0 Å². The number of hydrogen-bond donors (Lipinski definition) is 2. The molecule has 0 aliphatic carbocycles. The Bertz CT molecular complexity index is 284. The number of methoxy groups -OCH3 is 1. The van der Waals surface area contributed by atoms with Crippen LogP contribution in [-0.4, -0.2) is 37.4 Å². The predicted octanol–water partition coefficient (Wildman–Crippen LogP) is 4.10. The normalized spacial score (nSPS) is 10.1. The van der Waals surface area contributed by atoms with Gasteiger partial charge >= 0.3 is 11.9 Å². The topological polar surface area (TPSA) is 108 Å². The second-order valence-electron chi connectivity index (χ2n) is 5.64. The number of carboxylic acids is 1. The van der Waals surface area contributed by atoms with Crippen LogP contribution < -0.4 is 6.15 Å². The van der Waals surface area contributed by atoms with Crippen LogP contribution in [0.5, 0.6) is 0 Å². The van der Waals surface area contributed by atoms with Gasteiger partial charge in [0.2, 0.25) is 0 Å². The molecule has 0 aromatic carbocycles. The van der Waals surface area contributed by atoms with Gasteiger partial charge in [0.05, 0.1) is 6.61 Å². The van der Waals surface area contributed by atoms with Gasteiger partial charge in [0.25, 0.3) is 0 Å². The van der Waals surface area contributed by atoms with E-state index in [-0.39, 0.29) is 12.1 Å². The molecule has 0 fully saturated rings. The molecule has 0 saturated carbocycles. The molecular weight excluding hydrogens is 298 g/mol. The van der Waals surface area contributed by atoms with Crippen LogP contribution >= 0.6 is 0 Å². The van der Waals surface area contributed by atoms with Gasteiger partial charge in [-0.05, 0) is 12.8 Å². The summed E-state index contributed by atoms with van der Waals surface area (Å²) >= 11 is 0. The molecule has 0 atom stereocenters. The average Bonchev–Trinajstić information content (AvgIpc) is 2.48. The van der Waals surface area contributed by atoms with Crippen LogP contribution in [0.3, 0.4) is 0 Å². The van der Waals surface area contributed by atoms with Gasteiger partial charge in [-0.25, -0.2) is 0 Å². The van der Waals surface area contributed by atoms with Crippen molar-refractivity contribution < 1.29 is 24.2 Å². The lowest BCUT2D eigenvalue weighted by Gasteiger charge is -2.04. The minimum Gasteiger partial charge on any atom is -0.481 e. The van der Waals surface area contributed by atoms with E-state index < -0.39 is 5.97 Å². The molecular formula is C17H35NO5. The quantitative estimate of drug-likeness (QED) is 0.325. The molecule has 4 N–H and O–H groups in total. The highest BCUT2D eigenvalue weighted by Crippen LogP contribution is 2.12. The number of carbonyl (C=O) groups is 2. The van der Waals surface area contributed by atoms with E-state index in [2.05, 4.69) is 0 Å². The SMILES string of the molecule is COCCOC(=O)CCCCCCCCCCCCC(=O)O.N. The molecule has 0 aliphatic heterocycles. The second kappa shape index (κ2) is 18.9. The fourth-order valence-electron chi connectivity index (χ4n) is 2.27. The monoisotopic (exact) mass is 333 g/mol. The maximum atomic E-state index is 11.3. The minimum atomic E-state index is -0.692. The predicted molar refractivity (Wildman–Crippen MR) is 90.9 cm³/mol. The van der Waals surface area contributed by atoms with E-state index >= 15 is 0 Å². The molecule has 0 aliphatic rings. The lowest BCUT2D eigenvalue weighted by Crippen LogP contribution is -2.09. The molecule has 6 nitrogen and oxygen atoms in total. The number of rotatable bonds is 16. The Balaban J connectivity index is 0. The van der Waals surface area contributed by atoms with Crippen LogP contribution in [0.15, 0.2) is 0 Å². The van der Waals surface area contributed by atoms with Gasteiger partial charge in [-0.3, -0.25) is 9.59 Å². The first-order valence-electron chi connectivity index (χ1n) is 8.53. The number of ether oxygens (including phenoxy) is 2. The Morgan fingerprint density at radius 2 is 1.17 bits per heavy atom. The first-order chi connectivity index (χ1) is 10.7. The van der Waals surface area contributed by atoms with Crippen molar-refractivity contribution >= 4 is 11.9 Å². The van der Waals surface area contributed by atoms with Crippen molar-refractivity contribution in [3.05, 3.63) is 0 Å². The molecule has 138 valence electrons. The van der Waals surface area contributed by atoms with Crippen molar-refractivity contribution in [2.75, 3.05) is 20.3 Å². The largest absolute Gasteiger partial charge is 0.481 e. The number of hydrogen-bond acceptors (Lipinski definition) is 5. The summed E-state index contributed by atoms with van der Waals surface area (Å²) in [4.78, 5) is 21.6. The second-order valence-corrected chi connectivity index (χ2v) is 5.64. The Morgan fingerprint density at radius 1 is 0.739 bits per heavy atom. The Kier molecular flexibility index (Phi) is 19.8. The third kappa shape index (κ3) is 20.9. The van der Waals surface area contributed by atoms with Crippen molar-refractivity contribution in [2.24, 2.45) is 0 Å². The summed E-state index contributed by atoms with van der Waals surface area (Å²) in [5, 5.41) is 8.51. The van der Waals surface area contributed by atoms with Crippen molar-refractivity contribution in [1.82, 2.24) is 6.15 Å². The third-order valence-electron chi connectivity index (χ3n) is 3.57. The van der Waals surface area contributed by atoms with E-state index in [1.165, 1.54) is 32.1 Å². The van der Waals surface area contributed by atoms with E-state index in [1.54, 1.807) is 7.11 Å². The summed E-state index contributed by atoms with van der Waals surface area (Å²) < 4.78 is 9.80. The summed E-state index contributed by atoms with van der Waals surface area (Å²) in [7, 11) is 1.59. The van der Waals surface area contributed by atoms with Crippen LogP contribution in [0.25, 0.3) is 0 Å². The molecule has 0 saturated heterocycles. The number of unbranched alkanes of at least 4 members (excludes halogenated alkanes) is 9. The lowest BCUT2D eigenvalue weighted by atomic mass is 10.1. The summed E-state index contributed by atoms with van der Waals surface area (Å²) in [6.45, 7) is 0.809. The standard InChI is InChI=1S/C17H32O5.H3N/c1-21-14-15-22-17(20)13-11-9-7-5-3-2-4-6-8-10-12-16(18)19;/h2-15H2,1H3,(H,18,19);1H3. The van der Waals surface area contributed by atoms with Crippen molar-refractivity contribution in [1.29, 1.82) is 0 Å². The molecule has 0 aromatic heterocycles. The van der Waals surface area contributed by atoms with E-state index in [0.29, 0.717) is 26.1 Å². The molecule has 0 unspecified atom stereocenters. The maximum absolute atomic E-state index is 11.3. The molecule has 0 amide bonds. The molecule has 0 aromatic rings. The zero-order valence-corrected chi connectivity index (χ0v) is 14.7. The molecule has 0 heterocycles. The highest BCUT2D eigenvalue weighted by atomic mass is 16.6. The highest BCUT2D eigenvalue weighted by molar-refractivity contribution is 5.69. The zero-order chi connectivity index (χ0) is 16.5. The van der Waals surface area contributed by atoms with Crippen LogP contribution in [0, 0.1) is 0 Å². The van der Waals surface area contributed by atoms with Crippen molar-refractivity contribution in [3.8, 4) is 0 Å². The summed E-state index contributed by atoms with van der Waals surface area (Å²) in [5.74, 6) is -0.819. The molecule has 23 heavy (non-hydrogen) atoms. The Morgan fingerprint density at radius 3 is 1.61 bits per heavy atom. The average molecular weight is 333 g/mol. The summed E-state index contributed by atoms with van der Waals surface area (Å²) in [6.07, 6.45) is 11.8. The smallest absolute Gasteiger partial charge is 0.305 e. The van der Waals surface area contributed by atoms with Gasteiger partial charge in [-0.15, -0.1) is 0 Å².